The van der Waals surface area contributed by atoms with Gasteiger partial charge >= 0.3 is 11.7 Å². The molecule has 2 aromatic carbocycles. The molecule has 3 rings (SSSR count). The smallest absolute Gasteiger partial charge is 0.341 e. The molecular formula is C22H20N2O6S. The number of benzene rings is 2. The maximum atomic E-state index is 12.9. The Morgan fingerprint density at radius 3 is 2.48 bits per heavy atom. The van der Waals surface area contributed by atoms with Crippen LogP contribution in [0.2, 0.25) is 0 Å². The van der Waals surface area contributed by atoms with E-state index in [1.54, 1.807) is 6.92 Å². The van der Waals surface area contributed by atoms with Crippen molar-refractivity contribution < 1.29 is 24.0 Å². The van der Waals surface area contributed by atoms with E-state index in [-0.39, 0.29) is 29.2 Å². The molecule has 0 radical (unpaired) electrons. The van der Waals surface area contributed by atoms with Gasteiger partial charge in [-0.05, 0) is 31.5 Å². The Hall–Kier alpha value is -3.72. The number of carbonyl (C=O) groups excluding carboxylic acids is 2. The molecule has 0 spiro atoms. The van der Waals surface area contributed by atoms with E-state index < -0.39 is 16.8 Å². The van der Waals surface area contributed by atoms with Crippen molar-refractivity contribution in [3.8, 4) is 16.9 Å². The van der Waals surface area contributed by atoms with Crippen LogP contribution in [0.3, 0.4) is 0 Å². The summed E-state index contributed by atoms with van der Waals surface area (Å²) in [6.07, 6.45) is 0. The van der Waals surface area contributed by atoms with E-state index in [2.05, 4.69) is 5.32 Å². The van der Waals surface area contributed by atoms with Crippen molar-refractivity contribution in [3.05, 3.63) is 74.6 Å². The minimum absolute atomic E-state index is 0.0679. The predicted octanol–water partition coefficient (Wildman–Crippen LogP) is 5.07. The predicted molar refractivity (Wildman–Crippen MR) is 118 cm³/mol. The SMILES string of the molecule is CCOc1ccc(C(=O)Nc2sc(C)c(-c3ccccc3)c2C(=O)OC)cc1[N+](=O)[O-]. The number of aryl methyl sites for hydroxylation is 1. The van der Waals surface area contributed by atoms with E-state index in [1.807, 2.05) is 37.3 Å². The van der Waals surface area contributed by atoms with E-state index in [0.717, 1.165) is 16.5 Å². The number of esters is 1. The summed E-state index contributed by atoms with van der Waals surface area (Å²) in [5.41, 5.74) is 1.48. The summed E-state index contributed by atoms with van der Waals surface area (Å²) in [5.74, 6) is -1.09. The molecule has 1 amide bonds. The normalized spacial score (nSPS) is 10.4. The van der Waals surface area contributed by atoms with Crippen molar-refractivity contribution in [1.82, 2.24) is 0 Å². The number of nitro benzene ring substituents is 1. The van der Waals surface area contributed by atoms with Crippen molar-refractivity contribution >= 4 is 33.9 Å². The van der Waals surface area contributed by atoms with Gasteiger partial charge in [0.25, 0.3) is 5.91 Å². The molecule has 0 fully saturated rings. The Bertz CT molecular complexity index is 1140. The number of anilines is 1. The van der Waals surface area contributed by atoms with Crippen molar-refractivity contribution in [1.29, 1.82) is 0 Å². The molecule has 9 heteroatoms. The van der Waals surface area contributed by atoms with E-state index in [4.69, 9.17) is 9.47 Å². The van der Waals surface area contributed by atoms with Crippen LogP contribution in [0, 0.1) is 17.0 Å². The number of ether oxygens (including phenoxy) is 2. The molecular weight excluding hydrogens is 420 g/mol. The Labute approximate surface area is 182 Å². The monoisotopic (exact) mass is 440 g/mol. The second kappa shape index (κ2) is 9.40. The summed E-state index contributed by atoms with van der Waals surface area (Å²) in [5, 5.41) is 14.4. The molecule has 0 aliphatic rings. The first-order valence-corrected chi connectivity index (χ1v) is 10.2. The molecule has 8 nitrogen and oxygen atoms in total. The van der Waals surface area contributed by atoms with Crippen LogP contribution in [0.5, 0.6) is 5.75 Å². The van der Waals surface area contributed by atoms with Gasteiger partial charge < -0.3 is 14.8 Å². The van der Waals surface area contributed by atoms with Crippen LogP contribution in [-0.2, 0) is 4.74 Å². The van der Waals surface area contributed by atoms with Gasteiger partial charge in [0.1, 0.15) is 10.6 Å². The van der Waals surface area contributed by atoms with Crippen LogP contribution in [0.15, 0.2) is 48.5 Å². The van der Waals surface area contributed by atoms with Gasteiger partial charge in [-0.1, -0.05) is 30.3 Å². The van der Waals surface area contributed by atoms with Gasteiger partial charge in [-0.2, -0.15) is 0 Å². The first-order valence-electron chi connectivity index (χ1n) is 9.37. The number of hydrogen-bond acceptors (Lipinski definition) is 7. The minimum atomic E-state index is -0.607. The number of thiophene rings is 1. The lowest BCUT2D eigenvalue weighted by Gasteiger charge is -2.09. The van der Waals surface area contributed by atoms with Gasteiger partial charge in [-0.25, -0.2) is 4.79 Å². The number of methoxy groups -OCH3 is 1. The highest BCUT2D eigenvalue weighted by molar-refractivity contribution is 7.17. The minimum Gasteiger partial charge on any atom is -0.487 e. The molecule has 1 heterocycles. The molecule has 0 saturated carbocycles. The third-order valence-corrected chi connectivity index (χ3v) is 5.50. The fraction of sp³-hybridized carbons (Fsp3) is 0.182. The number of nitrogens with zero attached hydrogens (tertiary/aromatic N) is 1. The Balaban J connectivity index is 2.01. The Morgan fingerprint density at radius 2 is 1.87 bits per heavy atom. The molecule has 160 valence electrons. The first-order chi connectivity index (χ1) is 14.9. The number of amides is 1. The number of carbonyl (C=O) groups is 2. The third kappa shape index (κ3) is 4.56. The number of nitro groups is 1. The van der Waals surface area contributed by atoms with Crippen molar-refractivity contribution in [2.75, 3.05) is 19.0 Å². The second-order valence-corrected chi connectivity index (χ2v) is 7.65. The summed E-state index contributed by atoms with van der Waals surface area (Å²) in [7, 11) is 1.27. The summed E-state index contributed by atoms with van der Waals surface area (Å²) >= 11 is 1.23. The van der Waals surface area contributed by atoms with Gasteiger partial charge in [0.2, 0.25) is 0 Å². The average Bonchev–Trinajstić information content (AvgIpc) is 3.09. The van der Waals surface area contributed by atoms with E-state index in [1.165, 1.54) is 30.6 Å². The third-order valence-electron chi connectivity index (χ3n) is 4.48. The zero-order valence-corrected chi connectivity index (χ0v) is 17.9. The van der Waals surface area contributed by atoms with E-state index in [0.29, 0.717) is 10.6 Å². The molecule has 0 aliphatic carbocycles. The molecule has 3 aromatic rings. The van der Waals surface area contributed by atoms with Gasteiger partial charge in [-0.15, -0.1) is 11.3 Å². The second-order valence-electron chi connectivity index (χ2n) is 6.42. The van der Waals surface area contributed by atoms with E-state index in [9.17, 15) is 19.7 Å². The Morgan fingerprint density at radius 1 is 1.16 bits per heavy atom. The molecule has 0 atom stereocenters. The molecule has 0 aliphatic heterocycles. The van der Waals surface area contributed by atoms with Crippen LogP contribution in [0.25, 0.3) is 11.1 Å². The van der Waals surface area contributed by atoms with Crippen LogP contribution in [0.4, 0.5) is 10.7 Å². The molecule has 0 unspecified atom stereocenters. The van der Waals surface area contributed by atoms with Crippen LogP contribution < -0.4 is 10.1 Å². The average molecular weight is 440 g/mol. The lowest BCUT2D eigenvalue weighted by atomic mass is 10.0. The van der Waals surface area contributed by atoms with Gasteiger partial charge in [0, 0.05) is 22.1 Å². The summed E-state index contributed by atoms with van der Waals surface area (Å²) in [4.78, 5) is 37.0. The van der Waals surface area contributed by atoms with Crippen molar-refractivity contribution in [2.24, 2.45) is 0 Å². The summed E-state index contributed by atoms with van der Waals surface area (Å²) < 4.78 is 10.2. The fourth-order valence-electron chi connectivity index (χ4n) is 3.14. The number of nitrogens with one attached hydrogen (secondary N) is 1. The van der Waals surface area contributed by atoms with Crippen LogP contribution in [0.1, 0.15) is 32.5 Å². The van der Waals surface area contributed by atoms with Gasteiger partial charge in [-0.3, -0.25) is 14.9 Å². The maximum absolute atomic E-state index is 12.9. The number of rotatable bonds is 7. The summed E-state index contributed by atoms with van der Waals surface area (Å²) in [6.45, 7) is 3.81. The van der Waals surface area contributed by atoms with Crippen LogP contribution >= 0.6 is 11.3 Å². The van der Waals surface area contributed by atoms with E-state index >= 15 is 0 Å². The van der Waals surface area contributed by atoms with Gasteiger partial charge in [0.15, 0.2) is 5.75 Å². The molecule has 31 heavy (non-hydrogen) atoms. The van der Waals surface area contributed by atoms with Crippen LogP contribution in [-0.4, -0.2) is 30.5 Å². The van der Waals surface area contributed by atoms with Gasteiger partial charge in [0.05, 0.1) is 18.6 Å². The first kappa shape index (κ1) is 22.0. The lowest BCUT2D eigenvalue weighted by Crippen LogP contribution is -2.14. The molecule has 0 bridgehead atoms. The van der Waals surface area contributed by atoms with Crippen molar-refractivity contribution in [3.63, 3.8) is 0 Å². The quantitative estimate of drug-likeness (QED) is 0.312. The zero-order chi connectivity index (χ0) is 22.5. The largest absolute Gasteiger partial charge is 0.487 e. The molecule has 1 aromatic heterocycles. The van der Waals surface area contributed by atoms with Crippen molar-refractivity contribution in [2.45, 2.75) is 13.8 Å². The highest BCUT2D eigenvalue weighted by Crippen LogP contribution is 2.40. The topological polar surface area (TPSA) is 108 Å². The zero-order valence-electron chi connectivity index (χ0n) is 17.1. The summed E-state index contributed by atoms with van der Waals surface area (Å²) in [6, 6.07) is 13.3. The highest BCUT2D eigenvalue weighted by atomic mass is 32.1. The number of hydrogen-bond donors (Lipinski definition) is 1. The standard InChI is InChI=1S/C22H20N2O6S/c1-4-30-17-11-10-15(12-16(17)24(27)28)20(25)23-21-19(22(26)29-3)18(13(2)31-21)14-8-6-5-7-9-14/h5-12H,4H2,1-3H3,(H,23,25). The fourth-order valence-corrected chi connectivity index (χ4v) is 4.20. The Kier molecular flexibility index (Phi) is 6.66. The maximum Gasteiger partial charge on any atom is 0.341 e. The highest BCUT2D eigenvalue weighted by Gasteiger charge is 2.26. The molecule has 0 saturated heterocycles. The lowest BCUT2D eigenvalue weighted by molar-refractivity contribution is -0.385. The molecule has 1 N–H and O–H groups in total.